The fourth-order valence-corrected chi connectivity index (χ4v) is 3.71. The van der Waals surface area contributed by atoms with E-state index in [2.05, 4.69) is 25.6 Å². The molecule has 0 atom stereocenters. The van der Waals surface area contributed by atoms with Gasteiger partial charge in [-0.1, -0.05) is 41.9 Å². The summed E-state index contributed by atoms with van der Waals surface area (Å²) in [6.07, 6.45) is 2.95. The Morgan fingerprint density at radius 3 is 2.58 bits per heavy atom. The molecule has 0 saturated heterocycles. The number of hydrogen-bond acceptors (Lipinski definition) is 7. The zero-order valence-electron chi connectivity index (χ0n) is 18.5. The van der Waals surface area contributed by atoms with Crippen LogP contribution in [0.4, 0.5) is 17.2 Å². The highest BCUT2D eigenvalue weighted by Gasteiger charge is 2.19. The molecule has 0 unspecified atom stereocenters. The number of carbonyl (C=O) groups is 1. The Bertz CT molecular complexity index is 1660. The van der Waals surface area contributed by atoms with Crippen LogP contribution in [0.1, 0.15) is 15.9 Å². The third kappa shape index (κ3) is 4.36. The van der Waals surface area contributed by atoms with Gasteiger partial charge in [0.25, 0.3) is 5.91 Å². The fourth-order valence-electron chi connectivity index (χ4n) is 3.58. The number of amides is 1. The maximum atomic E-state index is 13.0. The highest BCUT2D eigenvalue weighted by atomic mass is 35.5. The summed E-state index contributed by atoms with van der Waals surface area (Å²) in [6, 6.07) is 22.6. The Balaban J connectivity index is 1.60. The lowest BCUT2D eigenvalue weighted by molar-refractivity contribution is 0.102. The number of phenolic OH excluding ortho intramolecular Hbond substituents is 1. The van der Waals surface area contributed by atoms with Crippen molar-refractivity contribution >= 4 is 45.5 Å². The van der Waals surface area contributed by atoms with Crippen molar-refractivity contribution in [3.63, 3.8) is 0 Å². The zero-order chi connectivity index (χ0) is 25.1. The molecule has 174 valence electrons. The Kier molecular flexibility index (Phi) is 6.09. The number of azo groups is 1. The first-order valence-corrected chi connectivity index (χ1v) is 11.1. The molecule has 0 aliphatic carbocycles. The topological polar surface area (TPSA) is 129 Å². The molecule has 0 spiro atoms. The second-order valence-corrected chi connectivity index (χ2v) is 8.03. The van der Waals surface area contributed by atoms with Gasteiger partial charge in [0.1, 0.15) is 17.3 Å². The van der Waals surface area contributed by atoms with Gasteiger partial charge in [-0.2, -0.15) is 15.0 Å². The van der Waals surface area contributed by atoms with Crippen LogP contribution in [0.15, 0.2) is 95.4 Å². The van der Waals surface area contributed by atoms with Gasteiger partial charge in [-0.15, -0.1) is 10.2 Å². The Morgan fingerprint density at radius 2 is 1.83 bits per heavy atom. The molecule has 0 saturated carbocycles. The van der Waals surface area contributed by atoms with Gasteiger partial charge in [0.2, 0.25) is 0 Å². The number of fused-ring (bicyclic) bond motifs is 1. The normalized spacial score (nSPS) is 11.0. The van der Waals surface area contributed by atoms with E-state index < -0.39 is 5.91 Å². The van der Waals surface area contributed by atoms with Crippen molar-refractivity contribution in [3.05, 3.63) is 101 Å². The third-order valence-corrected chi connectivity index (χ3v) is 5.57. The van der Waals surface area contributed by atoms with Crippen LogP contribution in [0, 0.1) is 11.3 Å². The summed E-state index contributed by atoms with van der Waals surface area (Å²) < 4.78 is 1.37. The molecule has 0 aliphatic rings. The quantitative estimate of drug-likeness (QED) is 0.277. The molecule has 2 heterocycles. The standard InChI is InChI=1S/C26H16ClN7O2/c27-18-8-10-19(11-9-18)31-26(36)21-13-16-5-1-2-6-20(16)23(24(21)35)32-33-25-17(14-28)15-30-34(25)22-7-3-4-12-29-22/h1-13,15,35H,(H,31,36)/b33-32+. The van der Waals surface area contributed by atoms with E-state index in [0.717, 1.165) is 0 Å². The molecule has 2 N–H and O–H groups in total. The van der Waals surface area contributed by atoms with Crippen molar-refractivity contribution in [2.24, 2.45) is 10.2 Å². The molecule has 36 heavy (non-hydrogen) atoms. The molecule has 0 aliphatic heterocycles. The number of hydrogen-bond donors (Lipinski definition) is 2. The molecule has 9 nitrogen and oxygen atoms in total. The largest absolute Gasteiger partial charge is 0.505 e. The molecule has 0 radical (unpaired) electrons. The van der Waals surface area contributed by atoms with Crippen LogP contribution in [-0.4, -0.2) is 25.8 Å². The van der Waals surface area contributed by atoms with Crippen LogP contribution in [0.2, 0.25) is 5.02 Å². The highest BCUT2D eigenvalue weighted by molar-refractivity contribution is 6.30. The van der Waals surface area contributed by atoms with Crippen molar-refractivity contribution in [1.29, 1.82) is 5.26 Å². The van der Waals surface area contributed by atoms with E-state index in [1.54, 1.807) is 72.9 Å². The molecule has 2 aromatic heterocycles. The van der Waals surface area contributed by atoms with Crippen molar-refractivity contribution in [3.8, 4) is 17.6 Å². The number of anilines is 1. The van der Waals surface area contributed by atoms with E-state index >= 15 is 0 Å². The van der Waals surface area contributed by atoms with E-state index in [-0.39, 0.29) is 28.4 Å². The maximum absolute atomic E-state index is 13.0. The smallest absolute Gasteiger partial charge is 0.259 e. The first-order chi connectivity index (χ1) is 17.5. The minimum absolute atomic E-state index is 0.0105. The first kappa shape index (κ1) is 22.7. The second-order valence-electron chi connectivity index (χ2n) is 7.60. The minimum Gasteiger partial charge on any atom is -0.505 e. The predicted molar refractivity (Wildman–Crippen MR) is 135 cm³/mol. The van der Waals surface area contributed by atoms with Crippen molar-refractivity contribution < 1.29 is 9.90 Å². The summed E-state index contributed by atoms with van der Waals surface area (Å²) in [5.74, 6) is -0.312. The van der Waals surface area contributed by atoms with E-state index in [4.69, 9.17) is 11.6 Å². The van der Waals surface area contributed by atoms with Gasteiger partial charge in [0.05, 0.1) is 11.8 Å². The number of carbonyl (C=O) groups excluding carboxylic acids is 1. The molecule has 5 aromatic rings. The summed E-state index contributed by atoms with van der Waals surface area (Å²) >= 11 is 5.92. The maximum Gasteiger partial charge on any atom is 0.259 e. The molecule has 3 aromatic carbocycles. The van der Waals surface area contributed by atoms with E-state index in [0.29, 0.717) is 27.3 Å². The van der Waals surface area contributed by atoms with Crippen LogP contribution in [0.3, 0.4) is 0 Å². The summed E-state index contributed by atoms with van der Waals surface area (Å²) in [5.41, 5.74) is 0.770. The van der Waals surface area contributed by atoms with Gasteiger partial charge >= 0.3 is 0 Å². The number of phenols is 1. The molecule has 10 heteroatoms. The number of nitrogens with one attached hydrogen (secondary N) is 1. The summed E-state index contributed by atoms with van der Waals surface area (Å²) in [5, 5.41) is 37.9. The highest BCUT2D eigenvalue weighted by Crippen LogP contribution is 2.40. The number of aromatic hydroxyl groups is 1. The lowest BCUT2D eigenvalue weighted by atomic mass is 10.0. The Labute approximate surface area is 209 Å². The van der Waals surface area contributed by atoms with Gasteiger partial charge < -0.3 is 10.4 Å². The number of pyridine rings is 1. The van der Waals surface area contributed by atoms with E-state index in [1.807, 2.05) is 12.1 Å². The van der Waals surface area contributed by atoms with Crippen LogP contribution in [0.25, 0.3) is 16.6 Å². The number of nitriles is 1. The summed E-state index contributed by atoms with van der Waals surface area (Å²) in [4.78, 5) is 17.3. The summed E-state index contributed by atoms with van der Waals surface area (Å²) in [7, 11) is 0. The van der Waals surface area contributed by atoms with Crippen molar-refractivity contribution in [1.82, 2.24) is 14.8 Å². The van der Waals surface area contributed by atoms with Crippen molar-refractivity contribution in [2.45, 2.75) is 0 Å². The molecule has 0 bridgehead atoms. The number of aromatic nitrogens is 3. The molecular weight excluding hydrogens is 478 g/mol. The molecule has 1 amide bonds. The zero-order valence-corrected chi connectivity index (χ0v) is 19.3. The van der Waals surface area contributed by atoms with E-state index in [1.165, 1.54) is 10.9 Å². The van der Waals surface area contributed by atoms with Gasteiger partial charge in [0, 0.05) is 22.3 Å². The lowest BCUT2D eigenvalue weighted by Gasteiger charge is -2.11. The van der Waals surface area contributed by atoms with E-state index in [9.17, 15) is 15.2 Å². The number of benzene rings is 3. The fraction of sp³-hybridized carbons (Fsp3) is 0. The molecule has 5 rings (SSSR count). The van der Waals surface area contributed by atoms with Crippen molar-refractivity contribution in [2.75, 3.05) is 5.32 Å². The van der Waals surface area contributed by atoms with Crippen LogP contribution < -0.4 is 5.32 Å². The third-order valence-electron chi connectivity index (χ3n) is 5.32. The average Bonchev–Trinajstić information content (AvgIpc) is 3.32. The van der Waals surface area contributed by atoms with Gasteiger partial charge in [0.15, 0.2) is 17.4 Å². The minimum atomic E-state index is -0.534. The van der Waals surface area contributed by atoms with Crippen LogP contribution >= 0.6 is 11.6 Å². The molecule has 0 fully saturated rings. The number of rotatable bonds is 5. The number of halogens is 1. The monoisotopic (exact) mass is 493 g/mol. The second kappa shape index (κ2) is 9.66. The Morgan fingerprint density at radius 1 is 1.06 bits per heavy atom. The average molecular weight is 494 g/mol. The van der Waals surface area contributed by atoms with Gasteiger partial charge in [-0.25, -0.2) is 4.98 Å². The Hall–Kier alpha value is -5.07. The lowest BCUT2D eigenvalue weighted by Crippen LogP contribution is -2.12. The summed E-state index contributed by atoms with van der Waals surface area (Å²) in [6.45, 7) is 0. The number of nitrogens with zero attached hydrogens (tertiary/aromatic N) is 6. The van der Waals surface area contributed by atoms with Crippen LogP contribution in [-0.2, 0) is 0 Å². The molecular formula is C26H16ClN7O2. The predicted octanol–water partition coefficient (Wildman–Crippen LogP) is 6.32. The van der Waals surface area contributed by atoms with Gasteiger partial charge in [-0.3, -0.25) is 4.79 Å². The first-order valence-electron chi connectivity index (χ1n) is 10.7. The van der Waals surface area contributed by atoms with Gasteiger partial charge in [-0.05, 0) is 47.9 Å². The SMILES string of the molecule is N#Cc1cnn(-c2ccccn2)c1/N=N/c1c(O)c(C(=O)Nc2ccc(Cl)cc2)cc2ccccc12. The van der Waals surface area contributed by atoms with Crippen LogP contribution in [0.5, 0.6) is 5.75 Å².